The number of imidazole rings is 1. The minimum Gasteiger partial charge on any atom is -0.381 e. The number of rotatable bonds is 3. The van der Waals surface area contributed by atoms with Gasteiger partial charge in [0.05, 0.1) is 23.5 Å². The fourth-order valence-corrected chi connectivity index (χ4v) is 2.84. The maximum Gasteiger partial charge on any atom is 0.124 e. The molecule has 1 aromatic heterocycles. The van der Waals surface area contributed by atoms with E-state index in [0.717, 1.165) is 37.5 Å². The summed E-state index contributed by atoms with van der Waals surface area (Å²) < 4.78 is 7.80. The number of fused-ring (bicyclic) bond motifs is 1. The quantitative estimate of drug-likeness (QED) is 0.796. The van der Waals surface area contributed by atoms with Crippen molar-refractivity contribution in [3.05, 3.63) is 30.1 Å². The molecule has 0 N–H and O–H groups in total. The number of benzene rings is 1. The first-order valence-corrected chi connectivity index (χ1v) is 7.00. The molecule has 1 aliphatic rings. The number of hydrogen-bond acceptors (Lipinski definition) is 2. The van der Waals surface area contributed by atoms with E-state index >= 15 is 0 Å². The molecule has 2 aromatic rings. The summed E-state index contributed by atoms with van der Waals surface area (Å²) in [5.41, 5.74) is 2.21. The Kier molecular flexibility index (Phi) is 3.52. The Morgan fingerprint density at radius 1 is 1.39 bits per heavy atom. The highest BCUT2D eigenvalue weighted by Gasteiger charge is 2.17. The number of ether oxygens (including phenoxy) is 1. The average Bonchev–Trinajstić information content (AvgIpc) is 2.78. The van der Waals surface area contributed by atoms with Crippen LogP contribution >= 0.6 is 11.6 Å². The van der Waals surface area contributed by atoms with Gasteiger partial charge >= 0.3 is 0 Å². The molecule has 2 heterocycles. The maximum absolute atomic E-state index is 6.01. The molecule has 1 aliphatic heterocycles. The van der Waals surface area contributed by atoms with E-state index in [-0.39, 0.29) is 0 Å². The Morgan fingerprint density at radius 3 is 3.06 bits per heavy atom. The second kappa shape index (κ2) is 5.29. The SMILES string of the molecule is ClCc1nc2ccccc2n1CC1CCCOC1. The van der Waals surface area contributed by atoms with Crippen molar-refractivity contribution in [2.24, 2.45) is 5.92 Å². The molecule has 1 fully saturated rings. The highest BCUT2D eigenvalue weighted by molar-refractivity contribution is 6.16. The molecule has 0 aliphatic carbocycles. The molecule has 3 nitrogen and oxygen atoms in total. The Labute approximate surface area is 112 Å². The van der Waals surface area contributed by atoms with Crippen LogP contribution in [0.3, 0.4) is 0 Å². The molecule has 1 aromatic carbocycles. The van der Waals surface area contributed by atoms with Crippen LogP contribution in [0.2, 0.25) is 0 Å². The molecule has 3 rings (SSSR count). The Hall–Kier alpha value is -1.06. The summed E-state index contributed by atoms with van der Waals surface area (Å²) in [5.74, 6) is 2.00. The fraction of sp³-hybridized carbons (Fsp3) is 0.500. The molecule has 0 saturated carbocycles. The van der Waals surface area contributed by atoms with Gasteiger partial charge in [-0.1, -0.05) is 12.1 Å². The van der Waals surface area contributed by atoms with Crippen LogP contribution in [-0.2, 0) is 17.2 Å². The van der Waals surface area contributed by atoms with Gasteiger partial charge in [-0.2, -0.15) is 0 Å². The van der Waals surface area contributed by atoms with Crippen molar-refractivity contribution in [1.82, 2.24) is 9.55 Å². The van der Waals surface area contributed by atoms with Gasteiger partial charge in [0, 0.05) is 19.1 Å². The molecular formula is C14H17ClN2O. The zero-order chi connectivity index (χ0) is 12.4. The Balaban J connectivity index is 1.93. The zero-order valence-electron chi connectivity index (χ0n) is 10.3. The second-order valence-corrected chi connectivity index (χ2v) is 5.11. The average molecular weight is 265 g/mol. The lowest BCUT2D eigenvalue weighted by atomic mass is 10.0. The van der Waals surface area contributed by atoms with E-state index in [1.807, 2.05) is 12.1 Å². The number of aromatic nitrogens is 2. The number of alkyl halides is 1. The molecule has 1 atom stereocenters. The number of halogens is 1. The van der Waals surface area contributed by atoms with E-state index in [0.29, 0.717) is 11.8 Å². The van der Waals surface area contributed by atoms with Crippen LogP contribution in [0.4, 0.5) is 0 Å². The van der Waals surface area contributed by atoms with Crippen LogP contribution in [0.5, 0.6) is 0 Å². The molecule has 0 amide bonds. The molecule has 96 valence electrons. The predicted molar refractivity (Wildman–Crippen MR) is 72.8 cm³/mol. The lowest BCUT2D eigenvalue weighted by Crippen LogP contribution is -2.22. The minimum atomic E-state index is 0.461. The van der Waals surface area contributed by atoms with Crippen molar-refractivity contribution in [3.8, 4) is 0 Å². The number of nitrogens with zero attached hydrogens (tertiary/aromatic N) is 2. The molecule has 18 heavy (non-hydrogen) atoms. The predicted octanol–water partition coefficient (Wildman–Crippen LogP) is 3.20. The van der Waals surface area contributed by atoms with Crippen molar-refractivity contribution < 1.29 is 4.74 Å². The van der Waals surface area contributed by atoms with Crippen molar-refractivity contribution in [1.29, 1.82) is 0 Å². The van der Waals surface area contributed by atoms with Crippen LogP contribution < -0.4 is 0 Å². The lowest BCUT2D eigenvalue weighted by molar-refractivity contribution is 0.0485. The first-order valence-electron chi connectivity index (χ1n) is 6.46. The molecule has 4 heteroatoms. The van der Waals surface area contributed by atoms with Gasteiger partial charge in [0.2, 0.25) is 0 Å². The van der Waals surface area contributed by atoms with Gasteiger partial charge in [0.15, 0.2) is 0 Å². The summed E-state index contributed by atoms with van der Waals surface area (Å²) in [6.07, 6.45) is 2.39. The summed E-state index contributed by atoms with van der Waals surface area (Å²) in [7, 11) is 0. The summed E-state index contributed by atoms with van der Waals surface area (Å²) >= 11 is 6.01. The van der Waals surface area contributed by atoms with Crippen molar-refractivity contribution in [2.75, 3.05) is 13.2 Å². The standard InChI is InChI=1S/C14H17ClN2O/c15-8-14-16-12-5-1-2-6-13(12)17(14)9-11-4-3-7-18-10-11/h1-2,5-6,11H,3-4,7-10H2. The highest BCUT2D eigenvalue weighted by Crippen LogP contribution is 2.22. The van der Waals surface area contributed by atoms with Gasteiger partial charge in [-0.15, -0.1) is 11.6 Å². The molecule has 0 spiro atoms. The number of para-hydroxylation sites is 2. The van der Waals surface area contributed by atoms with Gasteiger partial charge in [-0.05, 0) is 25.0 Å². The van der Waals surface area contributed by atoms with Crippen LogP contribution in [0.1, 0.15) is 18.7 Å². The normalized spacial score (nSPS) is 20.4. The van der Waals surface area contributed by atoms with E-state index in [1.165, 1.54) is 11.9 Å². The first kappa shape index (κ1) is 12.0. The molecule has 1 saturated heterocycles. The lowest BCUT2D eigenvalue weighted by Gasteiger charge is -2.23. The molecular weight excluding hydrogens is 248 g/mol. The van der Waals surface area contributed by atoms with Gasteiger partial charge in [-0.25, -0.2) is 4.98 Å². The van der Waals surface area contributed by atoms with Crippen molar-refractivity contribution in [2.45, 2.75) is 25.3 Å². The van der Waals surface area contributed by atoms with E-state index in [4.69, 9.17) is 16.3 Å². The fourth-order valence-electron chi connectivity index (χ4n) is 2.64. The molecule has 1 unspecified atom stereocenters. The van der Waals surface area contributed by atoms with Crippen LogP contribution in [-0.4, -0.2) is 22.8 Å². The maximum atomic E-state index is 6.01. The largest absolute Gasteiger partial charge is 0.381 e. The third kappa shape index (κ3) is 2.25. The van der Waals surface area contributed by atoms with Gasteiger partial charge in [0.1, 0.15) is 5.82 Å². The van der Waals surface area contributed by atoms with Gasteiger partial charge < -0.3 is 9.30 Å². The Morgan fingerprint density at radius 2 is 2.28 bits per heavy atom. The number of hydrogen-bond donors (Lipinski definition) is 0. The second-order valence-electron chi connectivity index (χ2n) is 4.84. The van der Waals surface area contributed by atoms with Gasteiger partial charge in [0.25, 0.3) is 0 Å². The molecule has 0 radical (unpaired) electrons. The summed E-state index contributed by atoms with van der Waals surface area (Å²) in [6.45, 7) is 2.72. The van der Waals surface area contributed by atoms with Gasteiger partial charge in [-0.3, -0.25) is 0 Å². The Bertz CT molecular complexity index is 532. The third-order valence-corrected chi connectivity index (χ3v) is 3.79. The van der Waals surface area contributed by atoms with E-state index in [2.05, 4.69) is 21.7 Å². The zero-order valence-corrected chi connectivity index (χ0v) is 11.1. The van der Waals surface area contributed by atoms with Crippen LogP contribution in [0, 0.1) is 5.92 Å². The first-order chi connectivity index (χ1) is 8.88. The third-order valence-electron chi connectivity index (χ3n) is 3.55. The summed E-state index contributed by atoms with van der Waals surface area (Å²) in [5, 5.41) is 0. The van der Waals surface area contributed by atoms with Crippen LogP contribution in [0.25, 0.3) is 11.0 Å². The van der Waals surface area contributed by atoms with Crippen molar-refractivity contribution in [3.63, 3.8) is 0 Å². The van der Waals surface area contributed by atoms with E-state index in [9.17, 15) is 0 Å². The molecule has 0 bridgehead atoms. The minimum absolute atomic E-state index is 0.461. The summed E-state index contributed by atoms with van der Waals surface area (Å²) in [4.78, 5) is 4.59. The summed E-state index contributed by atoms with van der Waals surface area (Å²) in [6, 6.07) is 8.22. The topological polar surface area (TPSA) is 27.1 Å². The van der Waals surface area contributed by atoms with E-state index < -0.39 is 0 Å². The van der Waals surface area contributed by atoms with Crippen LogP contribution in [0.15, 0.2) is 24.3 Å². The van der Waals surface area contributed by atoms with E-state index in [1.54, 1.807) is 0 Å². The van der Waals surface area contributed by atoms with Crippen molar-refractivity contribution >= 4 is 22.6 Å². The smallest absolute Gasteiger partial charge is 0.124 e. The highest BCUT2D eigenvalue weighted by atomic mass is 35.5. The monoisotopic (exact) mass is 264 g/mol.